The average molecular weight is 273 g/mol. The van der Waals surface area contributed by atoms with Crippen LogP contribution in [0, 0.1) is 36.0 Å². The molecule has 1 fully saturated rings. The molecule has 2 rings (SSSR count). The quantitative estimate of drug-likeness (QED) is 0.912. The highest BCUT2D eigenvalue weighted by molar-refractivity contribution is 5.73. The lowest BCUT2D eigenvalue weighted by Crippen LogP contribution is -2.25. The first-order valence-corrected chi connectivity index (χ1v) is 6.79. The third-order valence-corrected chi connectivity index (χ3v) is 3.97. The number of anilines is 1. The van der Waals surface area contributed by atoms with Crippen molar-refractivity contribution in [2.24, 2.45) is 17.8 Å². The maximum absolute atomic E-state index is 11.4. The van der Waals surface area contributed by atoms with Gasteiger partial charge in [-0.1, -0.05) is 13.8 Å². The summed E-state index contributed by atoms with van der Waals surface area (Å²) in [7, 11) is 0. The number of aromatic nitrogens is 1. The third-order valence-electron chi connectivity index (χ3n) is 3.97. The van der Waals surface area contributed by atoms with Crippen LogP contribution in [0.3, 0.4) is 0 Å². The van der Waals surface area contributed by atoms with Gasteiger partial charge in [-0.2, -0.15) is 5.26 Å². The molecule has 0 amide bonds. The molecule has 1 aliphatic rings. The predicted molar refractivity (Wildman–Crippen MR) is 75.4 cm³/mol. The Kier molecular flexibility index (Phi) is 3.93. The number of aliphatic carboxylic acids is 1. The van der Waals surface area contributed by atoms with Gasteiger partial charge in [-0.25, -0.2) is 4.98 Å². The molecule has 0 aliphatic carbocycles. The largest absolute Gasteiger partial charge is 0.481 e. The molecule has 0 radical (unpaired) electrons. The van der Waals surface area contributed by atoms with Crippen molar-refractivity contribution in [1.29, 1.82) is 5.26 Å². The van der Waals surface area contributed by atoms with Crippen molar-refractivity contribution < 1.29 is 9.90 Å². The van der Waals surface area contributed by atoms with E-state index in [2.05, 4.69) is 11.1 Å². The Bertz CT molecular complexity index is 563. The van der Waals surface area contributed by atoms with E-state index in [1.165, 1.54) is 0 Å². The summed E-state index contributed by atoms with van der Waals surface area (Å²) in [5.41, 5.74) is 1.34. The van der Waals surface area contributed by atoms with Crippen molar-refractivity contribution in [1.82, 2.24) is 4.98 Å². The second-order valence-electron chi connectivity index (χ2n) is 5.69. The van der Waals surface area contributed by atoms with Gasteiger partial charge in [-0.15, -0.1) is 0 Å². The minimum atomic E-state index is -0.766. The van der Waals surface area contributed by atoms with Crippen LogP contribution in [0.5, 0.6) is 0 Å². The number of pyridine rings is 1. The van der Waals surface area contributed by atoms with E-state index in [4.69, 9.17) is 0 Å². The normalized spacial score (nSPS) is 22.1. The Labute approximate surface area is 118 Å². The van der Waals surface area contributed by atoms with Crippen molar-refractivity contribution in [3.63, 3.8) is 0 Å². The molecule has 2 heterocycles. The Balaban J connectivity index is 2.34. The zero-order valence-corrected chi connectivity index (χ0v) is 12.0. The summed E-state index contributed by atoms with van der Waals surface area (Å²) in [6.45, 7) is 7.01. The number of carboxylic acids is 1. The van der Waals surface area contributed by atoms with Crippen LogP contribution < -0.4 is 4.90 Å². The van der Waals surface area contributed by atoms with E-state index < -0.39 is 11.9 Å². The van der Waals surface area contributed by atoms with E-state index in [1.807, 2.05) is 25.7 Å². The number of carboxylic acid groups (broad SMARTS) is 1. The van der Waals surface area contributed by atoms with Gasteiger partial charge in [0.1, 0.15) is 11.9 Å². The summed E-state index contributed by atoms with van der Waals surface area (Å²) < 4.78 is 0. The molecule has 20 heavy (non-hydrogen) atoms. The lowest BCUT2D eigenvalue weighted by Gasteiger charge is -2.20. The first kappa shape index (κ1) is 14.3. The van der Waals surface area contributed by atoms with Crippen LogP contribution in [0.2, 0.25) is 0 Å². The number of hydrogen-bond donors (Lipinski definition) is 1. The van der Waals surface area contributed by atoms with E-state index in [0.717, 1.165) is 5.69 Å². The fourth-order valence-electron chi connectivity index (χ4n) is 2.81. The van der Waals surface area contributed by atoms with Crippen molar-refractivity contribution in [2.75, 3.05) is 18.0 Å². The third kappa shape index (κ3) is 2.60. The zero-order chi connectivity index (χ0) is 14.9. The lowest BCUT2D eigenvalue weighted by molar-refractivity contribution is -0.142. The van der Waals surface area contributed by atoms with Crippen molar-refractivity contribution in [2.45, 2.75) is 20.8 Å². The molecule has 5 nitrogen and oxygen atoms in total. The van der Waals surface area contributed by atoms with Crippen LogP contribution in [0.15, 0.2) is 12.1 Å². The minimum absolute atomic E-state index is 0.0846. The molecule has 0 unspecified atom stereocenters. The number of nitrogens with zero attached hydrogens (tertiary/aromatic N) is 3. The van der Waals surface area contributed by atoms with E-state index >= 15 is 0 Å². The maximum Gasteiger partial charge on any atom is 0.308 e. The Morgan fingerprint density at radius 2 is 2.20 bits per heavy atom. The number of aryl methyl sites for hydroxylation is 1. The van der Waals surface area contributed by atoms with Crippen LogP contribution in [-0.2, 0) is 4.79 Å². The van der Waals surface area contributed by atoms with Crippen LogP contribution in [0.1, 0.15) is 25.1 Å². The Morgan fingerprint density at radius 3 is 2.70 bits per heavy atom. The molecule has 2 atom stereocenters. The lowest BCUT2D eigenvalue weighted by atomic mass is 9.86. The van der Waals surface area contributed by atoms with Gasteiger partial charge in [0.15, 0.2) is 0 Å². The summed E-state index contributed by atoms with van der Waals surface area (Å²) in [5.74, 6) is -0.180. The van der Waals surface area contributed by atoms with E-state index in [1.54, 1.807) is 12.1 Å². The molecule has 5 heteroatoms. The summed E-state index contributed by atoms with van der Waals surface area (Å²) in [4.78, 5) is 17.8. The van der Waals surface area contributed by atoms with E-state index in [0.29, 0.717) is 24.5 Å². The molecule has 0 spiro atoms. The highest BCUT2D eigenvalue weighted by Gasteiger charge is 2.40. The molecule has 1 aromatic rings. The van der Waals surface area contributed by atoms with Gasteiger partial charge in [0.05, 0.1) is 11.5 Å². The number of nitriles is 1. The van der Waals surface area contributed by atoms with Gasteiger partial charge in [0.25, 0.3) is 0 Å². The first-order chi connectivity index (χ1) is 9.43. The Morgan fingerprint density at radius 1 is 1.50 bits per heavy atom. The van der Waals surface area contributed by atoms with Crippen LogP contribution in [0.4, 0.5) is 5.82 Å². The second-order valence-corrected chi connectivity index (χ2v) is 5.69. The summed E-state index contributed by atoms with van der Waals surface area (Å²) in [5, 5.41) is 18.6. The van der Waals surface area contributed by atoms with Gasteiger partial charge < -0.3 is 10.0 Å². The van der Waals surface area contributed by atoms with Crippen LogP contribution >= 0.6 is 0 Å². The summed E-state index contributed by atoms with van der Waals surface area (Å²) in [6, 6.07) is 5.68. The monoisotopic (exact) mass is 273 g/mol. The molecule has 1 N–H and O–H groups in total. The van der Waals surface area contributed by atoms with Gasteiger partial charge in [-0.3, -0.25) is 4.79 Å². The second kappa shape index (κ2) is 5.49. The fraction of sp³-hybridized carbons (Fsp3) is 0.533. The topological polar surface area (TPSA) is 77.2 Å². The average Bonchev–Trinajstić information content (AvgIpc) is 2.83. The highest BCUT2D eigenvalue weighted by Crippen LogP contribution is 2.33. The number of hydrogen-bond acceptors (Lipinski definition) is 4. The molecule has 0 saturated carbocycles. The molecular formula is C15H19N3O2. The molecule has 0 bridgehead atoms. The zero-order valence-electron chi connectivity index (χ0n) is 12.0. The van der Waals surface area contributed by atoms with Crippen molar-refractivity contribution >= 4 is 11.8 Å². The maximum atomic E-state index is 11.4. The molecular weight excluding hydrogens is 254 g/mol. The number of carbonyl (C=O) groups is 1. The molecule has 1 aliphatic heterocycles. The SMILES string of the molecule is Cc1ccc(C#N)c(N2C[C@@H](C(=O)O)[C@H](C(C)C)C2)n1. The molecule has 0 aromatic carbocycles. The Hall–Kier alpha value is -2.09. The fourth-order valence-corrected chi connectivity index (χ4v) is 2.81. The van der Waals surface area contributed by atoms with Gasteiger partial charge in [-0.05, 0) is 30.9 Å². The van der Waals surface area contributed by atoms with E-state index in [-0.39, 0.29) is 11.8 Å². The van der Waals surface area contributed by atoms with Gasteiger partial charge in [0, 0.05) is 18.8 Å². The van der Waals surface area contributed by atoms with Crippen LogP contribution in [0.25, 0.3) is 0 Å². The predicted octanol–water partition coefficient (Wildman–Crippen LogP) is 2.05. The van der Waals surface area contributed by atoms with Crippen molar-refractivity contribution in [3.8, 4) is 6.07 Å². The molecule has 106 valence electrons. The molecule has 1 saturated heterocycles. The number of rotatable bonds is 3. The summed E-state index contributed by atoms with van der Waals surface area (Å²) in [6.07, 6.45) is 0. The summed E-state index contributed by atoms with van der Waals surface area (Å²) >= 11 is 0. The van der Waals surface area contributed by atoms with E-state index in [9.17, 15) is 15.2 Å². The minimum Gasteiger partial charge on any atom is -0.481 e. The first-order valence-electron chi connectivity index (χ1n) is 6.79. The van der Waals surface area contributed by atoms with Crippen LogP contribution in [-0.4, -0.2) is 29.1 Å². The molecule has 1 aromatic heterocycles. The van der Waals surface area contributed by atoms with Gasteiger partial charge >= 0.3 is 5.97 Å². The smallest absolute Gasteiger partial charge is 0.308 e. The highest BCUT2D eigenvalue weighted by atomic mass is 16.4. The van der Waals surface area contributed by atoms with Crippen molar-refractivity contribution in [3.05, 3.63) is 23.4 Å². The van der Waals surface area contributed by atoms with Gasteiger partial charge in [0.2, 0.25) is 0 Å². The standard InChI is InChI=1S/C15H19N3O2/c1-9(2)12-7-18(8-13(12)15(19)20)14-11(6-16)5-4-10(3)17-14/h4-5,9,12-13H,7-8H2,1-3H3,(H,19,20)/t12-,13+/m0/s1.